The Morgan fingerprint density at radius 1 is 1.24 bits per heavy atom. The molecular weight excluding hydrogens is 290 g/mol. The van der Waals surface area contributed by atoms with Crippen LogP contribution < -0.4 is 14.8 Å². The molecule has 1 aliphatic heterocycles. The summed E-state index contributed by atoms with van der Waals surface area (Å²) in [6.07, 6.45) is 0. The fourth-order valence-corrected chi connectivity index (χ4v) is 3.30. The minimum atomic E-state index is -3.31. The summed E-state index contributed by atoms with van der Waals surface area (Å²) < 4.78 is 32.1. The van der Waals surface area contributed by atoms with Gasteiger partial charge >= 0.3 is 0 Å². The highest BCUT2D eigenvalue weighted by molar-refractivity contribution is 7.92. The molecule has 2 N–H and O–H groups in total. The van der Waals surface area contributed by atoms with Crippen LogP contribution in [0.4, 0.5) is 5.69 Å². The van der Waals surface area contributed by atoms with Crippen molar-refractivity contribution < 1.29 is 13.2 Å². The SMILES string of the molecule is CCOc1ccc(NS(=O)(=O)CCN2CCNCC2)cc1. The van der Waals surface area contributed by atoms with Gasteiger partial charge in [0, 0.05) is 38.4 Å². The van der Waals surface area contributed by atoms with Crippen molar-refractivity contribution in [2.45, 2.75) is 6.92 Å². The number of sulfonamides is 1. The monoisotopic (exact) mass is 313 g/mol. The maximum absolute atomic E-state index is 12.1. The zero-order chi connectivity index (χ0) is 15.1. The molecule has 0 radical (unpaired) electrons. The van der Waals surface area contributed by atoms with E-state index in [1.807, 2.05) is 6.92 Å². The molecular formula is C14H23N3O3S. The lowest BCUT2D eigenvalue weighted by atomic mass is 10.3. The zero-order valence-corrected chi connectivity index (χ0v) is 13.2. The Hall–Kier alpha value is -1.31. The Morgan fingerprint density at radius 3 is 2.52 bits per heavy atom. The molecule has 1 aromatic carbocycles. The first-order valence-corrected chi connectivity index (χ1v) is 8.91. The van der Waals surface area contributed by atoms with E-state index in [1.54, 1.807) is 24.3 Å². The smallest absolute Gasteiger partial charge is 0.233 e. The molecule has 0 spiro atoms. The highest BCUT2D eigenvalue weighted by atomic mass is 32.2. The molecule has 7 heteroatoms. The maximum Gasteiger partial charge on any atom is 0.233 e. The van der Waals surface area contributed by atoms with Crippen LogP contribution in [0.15, 0.2) is 24.3 Å². The molecule has 0 saturated carbocycles. The Bertz CT molecular complexity index is 525. The number of nitrogens with zero attached hydrogens (tertiary/aromatic N) is 1. The standard InChI is InChI=1S/C14H23N3O3S/c1-2-20-14-5-3-13(4-6-14)16-21(18,19)12-11-17-9-7-15-8-10-17/h3-6,15-16H,2,7-12H2,1H3. The lowest BCUT2D eigenvalue weighted by Gasteiger charge is -2.26. The van der Waals surface area contributed by atoms with Crippen molar-refractivity contribution in [1.82, 2.24) is 10.2 Å². The summed E-state index contributed by atoms with van der Waals surface area (Å²) in [5.41, 5.74) is 0.568. The number of rotatable bonds is 7. The number of hydrogen-bond donors (Lipinski definition) is 2. The topological polar surface area (TPSA) is 70.7 Å². The van der Waals surface area contributed by atoms with Gasteiger partial charge in [-0.2, -0.15) is 0 Å². The van der Waals surface area contributed by atoms with E-state index in [9.17, 15) is 8.42 Å². The average molecular weight is 313 g/mol. The number of piperazine rings is 1. The van der Waals surface area contributed by atoms with Crippen LogP contribution in [0.2, 0.25) is 0 Å². The van der Waals surface area contributed by atoms with Gasteiger partial charge in [0.2, 0.25) is 10.0 Å². The second-order valence-corrected chi connectivity index (χ2v) is 6.81. The van der Waals surface area contributed by atoms with E-state index in [0.717, 1.165) is 31.9 Å². The Labute approximate surface area is 126 Å². The Kier molecular flexibility index (Phi) is 5.84. The molecule has 2 rings (SSSR count). The molecule has 0 unspecified atom stereocenters. The number of ether oxygens (including phenoxy) is 1. The van der Waals surface area contributed by atoms with Crippen molar-refractivity contribution >= 4 is 15.7 Å². The summed E-state index contributed by atoms with van der Waals surface area (Å²) in [7, 11) is -3.31. The second-order valence-electron chi connectivity index (χ2n) is 4.97. The quantitative estimate of drug-likeness (QED) is 0.777. The van der Waals surface area contributed by atoms with Crippen LogP contribution in [0, 0.1) is 0 Å². The first-order chi connectivity index (χ1) is 10.1. The van der Waals surface area contributed by atoms with E-state index in [4.69, 9.17) is 4.74 Å². The summed E-state index contributed by atoms with van der Waals surface area (Å²) in [4.78, 5) is 2.16. The van der Waals surface area contributed by atoms with Gasteiger partial charge in [0.05, 0.1) is 12.4 Å². The lowest BCUT2D eigenvalue weighted by Crippen LogP contribution is -2.45. The third-order valence-corrected chi connectivity index (χ3v) is 4.59. The van der Waals surface area contributed by atoms with Gasteiger partial charge in [-0.15, -0.1) is 0 Å². The van der Waals surface area contributed by atoms with Crippen molar-refractivity contribution in [3.63, 3.8) is 0 Å². The summed E-state index contributed by atoms with van der Waals surface area (Å²) >= 11 is 0. The normalized spacial score (nSPS) is 16.6. The molecule has 1 aliphatic rings. The lowest BCUT2D eigenvalue weighted by molar-refractivity contribution is 0.254. The van der Waals surface area contributed by atoms with E-state index >= 15 is 0 Å². The second kappa shape index (κ2) is 7.63. The van der Waals surface area contributed by atoms with Gasteiger partial charge in [-0.1, -0.05) is 0 Å². The summed E-state index contributed by atoms with van der Waals surface area (Å²) in [5, 5.41) is 3.25. The summed E-state index contributed by atoms with van der Waals surface area (Å²) in [5.74, 6) is 0.849. The van der Waals surface area contributed by atoms with E-state index in [1.165, 1.54) is 0 Å². The van der Waals surface area contributed by atoms with Crippen molar-refractivity contribution in [2.75, 3.05) is 49.8 Å². The van der Waals surface area contributed by atoms with Crippen LogP contribution in [0.3, 0.4) is 0 Å². The fourth-order valence-electron chi connectivity index (χ4n) is 2.20. The fraction of sp³-hybridized carbons (Fsp3) is 0.571. The molecule has 0 aromatic heterocycles. The highest BCUT2D eigenvalue weighted by Gasteiger charge is 2.15. The summed E-state index contributed by atoms with van der Waals surface area (Å²) in [6, 6.07) is 6.95. The molecule has 6 nitrogen and oxygen atoms in total. The molecule has 0 bridgehead atoms. The largest absolute Gasteiger partial charge is 0.494 e. The predicted octanol–water partition coefficient (Wildman–Crippen LogP) is 0.732. The van der Waals surface area contributed by atoms with Crippen LogP contribution in [-0.4, -0.2) is 58.4 Å². The maximum atomic E-state index is 12.1. The molecule has 0 atom stereocenters. The van der Waals surface area contributed by atoms with Crippen LogP contribution >= 0.6 is 0 Å². The molecule has 1 heterocycles. The third kappa shape index (κ3) is 5.53. The van der Waals surface area contributed by atoms with Crippen molar-refractivity contribution in [2.24, 2.45) is 0 Å². The van der Waals surface area contributed by atoms with Gasteiger partial charge in [0.15, 0.2) is 0 Å². The molecule has 1 aromatic rings. The molecule has 21 heavy (non-hydrogen) atoms. The average Bonchev–Trinajstić information content (AvgIpc) is 2.48. The van der Waals surface area contributed by atoms with Gasteiger partial charge in [0.1, 0.15) is 5.75 Å². The zero-order valence-electron chi connectivity index (χ0n) is 12.3. The van der Waals surface area contributed by atoms with E-state index in [2.05, 4.69) is 14.9 Å². The van der Waals surface area contributed by atoms with Gasteiger partial charge < -0.3 is 10.1 Å². The highest BCUT2D eigenvalue weighted by Crippen LogP contribution is 2.16. The molecule has 1 fully saturated rings. The van der Waals surface area contributed by atoms with Crippen LogP contribution in [0.25, 0.3) is 0 Å². The molecule has 1 saturated heterocycles. The Morgan fingerprint density at radius 2 is 1.90 bits per heavy atom. The van der Waals surface area contributed by atoms with Crippen molar-refractivity contribution in [3.05, 3.63) is 24.3 Å². The van der Waals surface area contributed by atoms with Crippen LogP contribution in [0.1, 0.15) is 6.92 Å². The molecule has 0 amide bonds. The predicted molar refractivity (Wildman–Crippen MR) is 84.3 cm³/mol. The van der Waals surface area contributed by atoms with E-state index in [-0.39, 0.29) is 5.75 Å². The van der Waals surface area contributed by atoms with Gasteiger partial charge in [-0.25, -0.2) is 8.42 Å². The number of hydrogen-bond acceptors (Lipinski definition) is 5. The van der Waals surface area contributed by atoms with Crippen molar-refractivity contribution in [1.29, 1.82) is 0 Å². The van der Waals surface area contributed by atoms with Crippen molar-refractivity contribution in [3.8, 4) is 5.75 Å². The first-order valence-electron chi connectivity index (χ1n) is 7.25. The van der Waals surface area contributed by atoms with E-state index < -0.39 is 10.0 Å². The minimum absolute atomic E-state index is 0.111. The number of anilines is 1. The van der Waals surface area contributed by atoms with Gasteiger partial charge in [0.25, 0.3) is 0 Å². The third-order valence-electron chi connectivity index (χ3n) is 3.32. The number of benzene rings is 1. The van der Waals surface area contributed by atoms with Crippen LogP contribution in [-0.2, 0) is 10.0 Å². The summed E-state index contributed by atoms with van der Waals surface area (Å²) in [6.45, 7) is 6.71. The number of nitrogens with one attached hydrogen (secondary N) is 2. The first kappa shape index (κ1) is 16.1. The minimum Gasteiger partial charge on any atom is -0.494 e. The van der Waals surface area contributed by atoms with E-state index in [0.29, 0.717) is 18.8 Å². The van der Waals surface area contributed by atoms with Gasteiger partial charge in [-0.05, 0) is 31.2 Å². The Balaban J connectivity index is 1.84. The van der Waals surface area contributed by atoms with Crippen LogP contribution in [0.5, 0.6) is 5.75 Å². The molecule has 0 aliphatic carbocycles. The van der Waals surface area contributed by atoms with Gasteiger partial charge in [-0.3, -0.25) is 9.62 Å². The molecule has 118 valence electrons.